The number of fused-ring (bicyclic) bond motifs is 1. The molecule has 0 saturated heterocycles. The van der Waals surface area contributed by atoms with E-state index < -0.39 is 5.97 Å². The van der Waals surface area contributed by atoms with Gasteiger partial charge >= 0.3 is 5.97 Å². The van der Waals surface area contributed by atoms with Gasteiger partial charge in [-0.05, 0) is 6.07 Å². The molecule has 9 heteroatoms. The summed E-state index contributed by atoms with van der Waals surface area (Å²) in [4.78, 5) is 18.7. The van der Waals surface area contributed by atoms with Crippen molar-refractivity contribution in [3.8, 4) is 5.75 Å². The Kier molecular flexibility index (Phi) is 4.82. The molecule has 1 N–H and O–H groups in total. The zero-order valence-electron chi connectivity index (χ0n) is 12.2. The molecule has 0 unspecified atom stereocenters. The molecule has 0 aliphatic heterocycles. The predicted molar refractivity (Wildman–Crippen MR) is 86.3 cm³/mol. The van der Waals surface area contributed by atoms with Crippen LogP contribution >= 0.6 is 23.2 Å². The molecule has 3 rings (SSSR count). The molecule has 0 spiro atoms. The van der Waals surface area contributed by atoms with Crippen molar-refractivity contribution < 1.29 is 19.2 Å². The highest BCUT2D eigenvalue weighted by Gasteiger charge is 2.14. The molecule has 0 saturated carbocycles. The summed E-state index contributed by atoms with van der Waals surface area (Å²) < 4.78 is 10.8. The van der Waals surface area contributed by atoms with Gasteiger partial charge in [-0.1, -0.05) is 28.4 Å². The topological polar surface area (TPSA) is 98.3 Å². The average molecular weight is 368 g/mol. The van der Waals surface area contributed by atoms with Crippen molar-refractivity contribution in [1.82, 2.24) is 15.1 Å². The minimum absolute atomic E-state index is 0.0363. The third kappa shape index (κ3) is 3.74. The molecule has 0 amide bonds. The Hall–Kier alpha value is -2.38. The second kappa shape index (κ2) is 7.02. The lowest BCUT2D eigenvalue weighted by Crippen LogP contribution is -2.01. The van der Waals surface area contributed by atoms with Gasteiger partial charge in [0.15, 0.2) is 11.4 Å². The summed E-state index contributed by atoms with van der Waals surface area (Å²) in [6, 6.07) is 3.24. The number of carboxylic acid groups (broad SMARTS) is 1. The third-order valence-corrected chi connectivity index (χ3v) is 3.70. The molecule has 0 fully saturated rings. The molecular formula is C15H11Cl2N3O4. The fraction of sp³-hybridized carbons (Fsp3) is 0.200. The van der Waals surface area contributed by atoms with Crippen molar-refractivity contribution in [2.45, 2.75) is 19.4 Å². The van der Waals surface area contributed by atoms with Crippen LogP contribution in [-0.4, -0.2) is 26.2 Å². The second-order valence-electron chi connectivity index (χ2n) is 4.91. The lowest BCUT2D eigenvalue weighted by Gasteiger charge is -2.07. The molecule has 0 aliphatic carbocycles. The molecule has 3 aromatic rings. The van der Waals surface area contributed by atoms with Gasteiger partial charge in [0.1, 0.15) is 12.4 Å². The molecule has 0 atom stereocenters. The van der Waals surface area contributed by atoms with Crippen LogP contribution in [0, 0.1) is 0 Å². The van der Waals surface area contributed by atoms with Gasteiger partial charge in [-0.25, -0.2) is 9.97 Å². The van der Waals surface area contributed by atoms with Gasteiger partial charge in [0.25, 0.3) is 0 Å². The van der Waals surface area contributed by atoms with E-state index >= 15 is 0 Å². The van der Waals surface area contributed by atoms with E-state index in [2.05, 4.69) is 15.1 Å². The number of carboxylic acids is 1. The maximum Gasteiger partial charge on any atom is 0.303 e. The van der Waals surface area contributed by atoms with Crippen LogP contribution in [0.5, 0.6) is 5.75 Å². The maximum absolute atomic E-state index is 10.7. The predicted octanol–water partition coefficient (Wildman–Crippen LogP) is 3.52. The number of nitrogens with zero attached hydrogens (tertiary/aromatic N) is 3. The molecular weight excluding hydrogens is 357 g/mol. The fourth-order valence-corrected chi connectivity index (χ4v) is 2.38. The Morgan fingerprint density at radius 2 is 2.00 bits per heavy atom. The quantitative estimate of drug-likeness (QED) is 0.711. The number of rotatable bonds is 6. The van der Waals surface area contributed by atoms with Crippen LogP contribution in [-0.2, 0) is 17.8 Å². The molecule has 2 heterocycles. The van der Waals surface area contributed by atoms with Crippen molar-refractivity contribution in [3.05, 3.63) is 46.1 Å². The van der Waals surface area contributed by atoms with Crippen LogP contribution in [0.15, 0.2) is 29.0 Å². The summed E-state index contributed by atoms with van der Waals surface area (Å²) in [6.07, 6.45) is 3.18. The monoisotopic (exact) mass is 367 g/mol. The van der Waals surface area contributed by atoms with E-state index in [9.17, 15) is 4.79 Å². The fourth-order valence-electron chi connectivity index (χ4n) is 2.06. The second-order valence-corrected chi connectivity index (χ2v) is 5.75. The zero-order chi connectivity index (χ0) is 17.1. The van der Waals surface area contributed by atoms with Crippen molar-refractivity contribution in [2.24, 2.45) is 0 Å². The molecule has 124 valence electrons. The number of ether oxygens (including phenoxy) is 1. The first-order valence-corrected chi connectivity index (χ1v) is 7.67. The molecule has 0 bridgehead atoms. The largest absolute Gasteiger partial charge is 0.484 e. The highest BCUT2D eigenvalue weighted by atomic mass is 35.5. The lowest BCUT2D eigenvalue weighted by molar-refractivity contribution is -0.136. The highest BCUT2D eigenvalue weighted by molar-refractivity contribution is 6.32. The average Bonchev–Trinajstić information content (AvgIpc) is 2.94. The number of halogens is 2. The van der Waals surface area contributed by atoms with Gasteiger partial charge in [0.05, 0.1) is 22.2 Å². The minimum atomic E-state index is -0.903. The molecule has 1 aromatic carbocycles. The molecule has 2 aromatic heterocycles. The molecule has 0 radical (unpaired) electrons. The van der Waals surface area contributed by atoms with E-state index in [1.54, 1.807) is 12.1 Å². The molecule has 0 aliphatic rings. The zero-order valence-corrected chi connectivity index (χ0v) is 13.7. The van der Waals surface area contributed by atoms with Crippen LogP contribution in [0.25, 0.3) is 11.0 Å². The lowest BCUT2D eigenvalue weighted by atomic mass is 10.1. The summed E-state index contributed by atoms with van der Waals surface area (Å²) in [5, 5.41) is 14.1. The van der Waals surface area contributed by atoms with E-state index in [1.165, 1.54) is 12.4 Å². The number of carbonyl (C=O) groups is 1. The van der Waals surface area contributed by atoms with Gasteiger partial charge in [0.2, 0.25) is 0 Å². The van der Waals surface area contributed by atoms with Gasteiger partial charge < -0.3 is 14.4 Å². The summed E-state index contributed by atoms with van der Waals surface area (Å²) in [7, 11) is 0. The summed E-state index contributed by atoms with van der Waals surface area (Å²) in [5.41, 5.74) is 1.01. The Labute approximate surface area is 146 Å². The van der Waals surface area contributed by atoms with Crippen LogP contribution < -0.4 is 4.74 Å². The summed E-state index contributed by atoms with van der Waals surface area (Å²) in [6.45, 7) is 0.113. The van der Waals surface area contributed by atoms with E-state index in [-0.39, 0.29) is 19.4 Å². The van der Waals surface area contributed by atoms with E-state index in [1.807, 2.05) is 0 Å². The van der Waals surface area contributed by atoms with E-state index in [4.69, 9.17) is 37.6 Å². The first-order chi connectivity index (χ1) is 11.5. The SMILES string of the molecule is O=C(O)CCc1noc2cc(OCc3ncc(Cl)cn3)c(Cl)cc12. The van der Waals surface area contributed by atoms with Crippen molar-refractivity contribution in [1.29, 1.82) is 0 Å². The molecule has 24 heavy (non-hydrogen) atoms. The number of hydrogen-bond donors (Lipinski definition) is 1. The summed E-state index contributed by atoms with van der Waals surface area (Å²) in [5.74, 6) is -0.0564. The van der Waals surface area contributed by atoms with Crippen LogP contribution in [0.2, 0.25) is 10.0 Å². The van der Waals surface area contributed by atoms with Crippen molar-refractivity contribution >= 4 is 40.1 Å². The third-order valence-electron chi connectivity index (χ3n) is 3.21. The Morgan fingerprint density at radius 1 is 1.25 bits per heavy atom. The first-order valence-electron chi connectivity index (χ1n) is 6.92. The minimum Gasteiger partial charge on any atom is -0.484 e. The van der Waals surface area contributed by atoms with E-state index in [0.29, 0.717) is 38.3 Å². The van der Waals surface area contributed by atoms with Gasteiger partial charge in [-0.15, -0.1) is 0 Å². The highest BCUT2D eigenvalue weighted by Crippen LogP contribution is 2.32. The molecule has 7 nitrogen and oxygen atoms in total. The Bertz CT molecular complexity index is 880. The van der Waals surface area contributed by atoms with Crippen LogP contribution in [0.4, 0.5) is 0 Å². The summed E-state index contributed by atoms with van der Waals surface area (Å²) >= 11 is 11.9. The number of hydrogen-bond acceptors (Lipinski definition) is 6. The smallest absolute Gasteiger partial charge is 0.303 e. The maximum atomic E-state index is 10.7. The van der Waals surface area contributed by atoms with Crippen LogP contribution in [0.3, 0.4) is 0 Å². The number of aliphatic carboxylic acids is 1. The number of aryl methyl sites for hydroxylation is 1. The number of aromatic nitrogens is 3. The van der Waals surface area contributed by atoms with Gasteiger partial charge in [0, 0.05) is 30.3 Å². The van der Waals surface area contributed by atoms with Crippen molar-refractivity contribution in [2.75, 3.05) is 0 Å². The van der Waals surface area contributed by atoms with Gasteiger partial charge in [-0.3, -0.25) is 4.79 Å². The Morgan fingerprint density at radius 3 is 2.71 bits per heavy atom. The van der Waals surface area contributed by atoms with Crippen molar-refractivity contribution in [3.63, 3.8) is 0 Å². The standard InChI is InChI=1S/C15H11Cl2N3O4/c16-8-5-18-14(19-6-8)7-23-13-4-12-9(3-10(13)17)11(20-24-12)1-2-15(21)22/h3-6H,1-2,7H2,(H,21,22). The van der Waals surface area contributed by atoms with Gasteiger partial charge in [-0.2, -0.15) is 0 Å². The number of benzene rings is 1. The Balaban J connectivity index is 1.78. The normalized spacial score (nSPS) is 10.9. The van der Waals surface area contributed by atoms with Crippen LogP contribution in [0.1, 0.15) is 17.9 Å². The first kappa shape index (κ1) is 16.5. The van der Waals surface area contributed by atoms with E-state index in [0.717, 1.165) is 0 Å².